The molecule has 0 saturated carbocycles. The van der Waals surface area contributed by atoms with Gasteiger partial charge in [-0.15, -0.1) is 0 Å². The summed E-state index contributed by atoms with van der Waals surface area (Å²) >= 11 is 0. The number of nitrogens with one attached hydrogen (secondary N) is 1. The summed E-state index contributed by atoms with van der Waals surface area (Å²) in [5.41, 5.74) is 5.75. The van der Waals surface area contributed by atoms with E-state index >= 15 is 0 Å². The Morgan fingerprint density at radius 2 is 1.69 bits per heavy atom. The van der Waals surface area contributed by atoms with Crippen LogP contribution in [0.25, 0.3) is 0 Å². The molecule has 35 heavy (non-hydrogen) atoms. The van der Waals surface area contributed by atoms with E-state index < -0.39 is 11.5 Å². The van der Waals surface area contributed by atoms with Crippen molar-refractivity contribution >= 4 is 35.1 Å². The highest BCUT2D eigenvalue weighted by atomic mass is 16.3. The third-order valence-corrected chi connectivity index (χ3v) is 6.39. The first-order chi connectivity index (χ1) is 16.6. The summed E-state index contributed by atoms with van der Waals surface area (Å²) < 4.78 is 0. The van der Waals surface area contributed by atoms with Crippen molar-refractivity contribution in [1.82, 2.24) is 19.9 Å². The Balaban J connectivity index is 1.47. The van der Waals surface area contributed by atoms with E-state index in [2.05, 4.69) is 30.1 Å². The molecule has 0 aliphatic carbocycles. The predicted molar refractivity (Wildman–Crippen MR) is 134 cm³/mol. The standard InChI is InChI=1S/C24H34N8O3/c1-16-19(20(25)33)21(29-23(27-16)32-9-5-4-6-10-32)28-17-7-8-18(26-15-17)30-11-13-31(14-12-30)22(34)24(2,3)35/h7-8,15,35H,4-6,9-14H2,1-3H3,(H2,25,33)(H,27,28,29). The SMILES string of the molecule is Cc1nc(N2CCCCC2)nc(Nc2ccc(N3CCN(C(=O)C(C)(C)O)CC3)nc2)c1C(N)=O. The fourth-order valence-electron chi connectivity index (χ4n) is 4.49. The number of hydrogen-bond donors (Lipinski definition) is 3. The lowest BCUT2D eigenvalue weighted by Gasteiger charge is -2.37. The number of carbonyl (C=O) groups excluding carboxylic acids is 2. The topological polar surface area (TPSA) is 141 Å². The maximum Gasteiger partial charge on any atom is 0.254 e. The van der Waals surface area contributed by atoms with Crippen molar-refractivity contribution in [3.63, 3.8) is 0 Å². The Labute approximate surface area is 205 Å². The smallest absolute Gasteiger partial charge is 0.254 e. The number of primary amides is 1. The minimum Gasteiger partial charge on any atom is -0.381 e. The molecule has 2 fully saturated rings. The third kappa shape index (κ3) is 5.61. The molecule has 0 bridgehead atoms. The maximum atomic E-state index is 12.3. The van der Waals surface area contributed by atoms with E-state index in [0.29, 0.717) is 49.3 Å². The first-order valence-corrected chi connectivity index (χ1v) is 12.1. The second-order valence-corrected chi connectivity index (χ2v) is 9.61. The molecule has 0 spiro atoms. The Morgan fingerprint density at radius 1 is 1.00 bits per heavy atom. The summed E-state index contributed by atoms with van der Waals surface area (Å²) in [7, 11) is 0. The average molecular weight is 483 g/mol. The Hall–Kier alpha value is -3.47. The Bertz CT molecular complexity index is 1070. The van der Waals surface area contributed by atoms with E-state index in [1.54, 1.807) is 18.0 Å². The van der Waals surface area contributed by atoms with Gasteiger partial charge in [0.1, 0.15) is 22.8 Å². The van der Waals surface area contributed by atoms with Gasteiger partial charge in [-0.2, -0.15) is 4.98 Å². The molecule has 4 heterocycles. The molecular weight excluding hydrogens is 448 g/mol. The zero-order valence-corrected chi connectivity index (χ0v) is 20.6. The molecule has 2 aromatic rings. The minimum atomic E-state index is -1.37. The largest absolute Gasteiger partial charge is 0.381 e. The van der Waals surface area contributed by atoms with Crippen LogP contribution >= 0.6 is 0 Å². The van der Waals surface area contributed by atoms with Crippen molar-refractivity contribution in [2.45, 2.75) is 45.6 Å². The number of hydrogen-bond acceptors (Lipinski definition) is 9. The first kappa shape index (κ1) is 24.6. The van der Waals surface area contributed by atoms with Gasteiger partial charge < -0.3 is 30.9 Å². The molecule has 4 N–H and O–H groups in total. The van der Waals surface area contributed by atoms with Crippen LogP contribution in [0.4, 0.5) is 23.3 Å². The van der Waals surface area contributed by atoms with Crippen LogP contribution in [0.5, 0.6) is 0 Å². The van der Waals surface area contributed by atoms with Crippen LogP contribution in [-0.2, 0) is 4.79 Å². The fourth-order valence-corrected chi connectivity index (χ4v) is 4.49. The third-order valence-electron chi connectivity index (χ3n) is 6.39. The quantitative estimate of drug-likeness (QED) is 0.557. The number of aliphatic hydroxyl groups is 1. The van der Waals surface area contributed by atoms with E-state index in [-0.39, 0.29) is 11.5 Å². The zero-order chi connectivity index (χ0) is 25.2. The lowest BCUT2D eigenvalue weighted by molar-refractivity contribution is -0.148. The molecule has 0 atom stereocenters. The van der Waals surface area contributed by atoms with Crippen LogP contribution in [0.1, 0.15) is 49.2 Å². The van der Waals surface area contributed by atoms with Gasteiger partial charge in [0.15, 0.2) is 0 Å². The number of nitrogens with zero attached hydrogens (tertiary/aromatic N) is 6. The number of pyridine rings is 1. The maximum absolute atomic E-state index is 12.3. The van der Waals surface area contributed by atoms with E-state index in [9.17, 15) is 14.7 Å². The van der Waals surface area contributed by atoms with Gasteiger partial charge in [0, 0.05) is 39.3 Å². The molecule has 0 aromatic carbocycles. The molecule has 11 nitrogen and oxygen atoms in total. The molecule has 2 aromatic heterocycles. The number of aromatic nitrogens is 3. The molecule has 2 aliphatic rings. The number of rotatable bonds is 6. The van der Waals surface area contributed by atoms with Gasteiger partial charge in [0.05, 0.1) is 17.6 Å². The van der Waals surface area contributed by atoms with Crippen molar-refractivity contribution in [2.75, 3.05) is 54.4 Å². The summed E-state index contributed by atoms with van der Waals surface area (Å²) in [6.45, 7) is 8.84. The van der Waals surface area contributed by atoms with E-state index in [4.69, 9.17) is 5.73 Å². The normalized spacial score (nSPS) is 16.9. The van der Waals surface area contributed by atoms with Gasteiger partial charge in [-0.1, -0.05) is 0 Å². The fraction of sp³-hybridized carbons (Fsp3) is 0.542. The molecule has 0 radical (unpaired) electrons. The summed E-state index contributed by atoms with van der Waals surface area (Å²) in [5, 5.41) is 13.2. The number of carbonyl (C=O) groups is 2. The van der Waals surface area contributed by atoms with Gasteiger partial charge in [-0.25, -0.2) is 9.97 Å². The number of piperidine rings is 1. The second kappa shape index (κ2) is 10.0. The minimum absolute atomic E-state index is 0.265. The van der Waals surface area contributed by atoms with Gasteiger partial charge >= 0.3 is 0 Å². The number of aryl methyl sites for hydroxylation is 1. The van der Waals surface area contributed by atoms with Crippen LogP contribution in [0.3, 0.4) is 0 Å². The van der Waals surface area contributed by atoms with Crippen molar-refractivity contribution < 1.29 is 14.7 Å². The van der Waals surface area contributed by atoms with Crippen LogP contribution in [0.15, 0.2) is 18.3 Å². The lowest BCUT2D eigenvalue weighted by atomic mass is 10.1. The van der Waals surface area contributed by atoms with Gasteiger partial charge in [-0.3, -0.25) is 9.59 Å². The summed E-state index contributed by atoms with van der Waals surface area (Å²) in [6.07, 6.45) is 5.07. The highest BCUT2D eigenvalue weighted by Gasteiger charge is 2.31. The number of amides is 2. The highest BCUT2D eigenvalue weighted by molar-refractivity contribution is 5.99. The summed E-state index contributed by atoms with van der Waals surface area (Å²) in [6, 6.07) is 3.76. The molecule has 2 aliphatic heterocycles. The van der Waals surface area contributed by atoms with Gasteiger partial charge in [-0.05, 0) is 52.2 Å². The Morgan fingerprint density at radius 3 is 2.26 bits per heavy atom. The van der Waals surface area contributed by atoms with Crippen molar-refractivity contribution in [3.05, 3.63) is 29.6 Å². The monoisotopic (exact) mass is 482 g/mol. The second-order valence-electron chi connectivity index (χ2n) is 9.61. The van der Waals surface area contributed by atoms with Crippen LogP contribution in [0, 0.1) is 6.92 Å². The number of piperazine rings is 1. The summed E-state index contributed by atoms with van der Waals surface area (Å²) in [5.74, 6) is 0.905. The molecule has 2 amide bonds. The molecule has 0 unspecified atom stereocenters. The van der Waals surface area contributed by atoms with Crippen molar-refractivity contribution in [2.24, 2.45) is 5.73 Å². The summed E-state index contributed by atoms with van der Waals surface area (Å²) in [4.78, 5) is 44.1. The van der Waals surface area contributed by atoms with Crippen LogP contribution in [-0.4, -0.2) is 81.6 Å². The van der Waals surface area contributed by atoms with Crippen molar-refractivity contribution in [3.8, 4) is 0 Å². The van der Waals surface area contributed by atoms with E-state index in [0.717, 1.165) is 31.7 Å². The molecule has 4 rings (SSSR count). The number of nitrogens with two attached hydrogens (primary N) is 1. The average Bonchev–Trinajstić information content (AvgIpc) is 2.83. The highest BCUT2D eigenvalue weighted by Crippen LogP contribution is 2.26. The van der Waals surface area contributed by atoms with Crippen LogP contribution < -0.4 is 20.9 Å². The molecule has 2 saturated heterocycles. The van der Waals surface area contributed by atoms with Gasteiger partial charge in [0.25, 0.3) is 11.8 Å². The van der Waals surface area contributed by atoms with Crippen LogP contribution in [0.2, 0.25) is 0 Å². The molecular formula is C24H34N8O3. The number of anilines is 4. The molecule has 11 heteroatoms. The predicted octanol–water partition coefficient (Wildman–Crippen LogP) is 1.43. The lowest BCUT2D eigenvalue weighted by Crippen LogP contribution is -2.54. The zero-order valence-electron chi connectivity index (χ0n) is 20.6. The molecule has 188 valence electrons. The van der Waals surface area contributed by atoms with Gasteiger partial charge in [0.2, 0.25) is 5.95 Å². The van der Waals surface area contributed by atoms with E-state index in [1.165, 1.54) is 20.3 Å². The van der Waals surface area contributed by atoms with E-state index in [1.807, 2.05) is 12.1 Å². The van der Waals surface area contributed by atoms with Crippen molar-refractivity contribution in [1.29, 1.82) is 0 Å². The first-order valence-electron chi connectivity index (χ1n) is 12.1. The Kier molecular flexibility index (Phi) is 7.06.